The van der Waals surface area contributed by atoms with E-state index >= 15 is 0 Å². The molecular weight excluding hydrogens is 184 g/mol. The molecule has 0 bridgehead atoms. The summed E-state index contributed by atoms with van der Waals surface area (Å²) in [5.41, 5.74) is 1.75. The molecule has 1 aromatic rings. The van der Waals surface area contributed by atoms with Gasteiger partial charge in [-0.3, -0.25) is 0 Å². The predicted octanol–water partition coefficient (Wildman–Crippen LogP) is 0.972. The molecule has 0 fully saturated rings. The van der Waals surface area contributed by atoms with Gasteiger partial charge in [0.25, 0.3) is 0 Å². The SMILES string of the molecule is CC(C)NCCN(C)c1nncs1. The molecule has 0 aliphatic carbocycles. The van der Waals surface area contributed by atoms with E-state index in [9.17, 15) is 0 Å². The van der Waals surface area contributed by atoms with Gasteiger partial charge in [-0.1, -0.05) is 25.2 Å². The van der Waals surface area contributed by atoms with Crippen LogP contribution in [0.3, 0.4) is 0 Å². The van der Waals surface area contributed by atoms with E-state index < -0.39 is 0 Å². The molecule has 0 amide bonds. The lowest BCUT2D eigenvalue weighted by molar-refractivity contribution is 0.589. The first kappa shape index (κ1) is 10.4. The van der Waals surface area contributed by atoms with Gasteiger partial charge in [0.05, 0.1) is 0 Å². The quantitative estimate of drug-likeness (QED) is 0.769. The fourth-order valence-electron chi connectivity index (χ4n) is 0.950. The van der Waals surface area contributed by atoms with Crippen LogP contribution < -0.4 is 10.2 Å². The zero-order valence-electron chi connectivity index (χ0n) is 8.32. The van der Waals surface area contributed by atoms with Gasteiger partial charge in [-0.05, 0) is 0 Å². The highest BCUT2D eigenvalue weighted by Crippen LogP contribution is 2.12. The number of rotatable bonds is 5. The topological polar surface area (TPSA) is 41.0 Å². The van der Waals surface area contributed by atoms with Crippen molar-refractivity contribution in [2.75, 3.05) is 25.0 Å². The molecule has 0 aliphatic rings. The van der Waals surface area contributed by atoms with Gasteiger partial charge in [0.2, 0.25) is 5.13 Å². The molecular formula is C8H16N4S. The first-order chi connectivity index (χ1) is 6.20. The van der Waals surface area contributed by atoms with E-state index in [0.717, 1.165) is 18.2 Å². The van der Waals surface area contributed by atoms with Gasteiger partial charge < -0.3 is 10.2 Å². The van der Waals surface area contributed by atoms with Crippen LogP contribution >= 0.6 is 11.3 Å². The second kappa shape index (κ2) is 5.14. The van der Waals surface area contributed by atoms with E-state index in [0.29, 0.717) is 6.04 Å². The molecule has 1 N–H and O–H groups in total. The normalized spacial score (nSPS) is 10.8. The Kier molecular flexibility index (Phi) is 4.11. The molecule has 0 atom stereocenters. The third kappa shape index (κ3) is 3.69. The average Bonchev–Trinajstić information content (AvgIpc) is 2.55. The molecule has 1 aromatic heterocycles. The largest absolute Gasteiger partial charge is 0.348 e. The van der Waals surface area contributed by atoms with Gasteiger partial charge in [0, 0.05) is 26.2 Å². The number of hydrogen-bond acceptors (Lipinski definition) is 5. The van der Waals surface area contributed by atoms with Crippen molar-refractivity contribution < 1.29 is 0 Å². The smallest absolute Gasteiger partial charge is 0.207 e. The molecule has 5 heteroatoms. The van der Waals surface area contributed by atoms with Gasteiger partial charge in [-0.2, -0.15) is 0 Å². The van der Waals surface area contributed by atoms with E-state index in [1.165, 1.54) is 0 Å². The summed E-state index contributed by atoms with van der Waals surface area (Å²) in [6.45, 7) is 6.23. The molecule has 0 radical (unpaired) electrons. The van der Waals surface area contributed by atoms with E-state index in [1.54, 1.807) is 16.8 Å². The molecule has 0 aliphatic heterocycles. The van der Waals surface area contributed by atoms with Crippen molar-refractivity contribution in [3.05, 3.63) is 5.51 Å². The summed E-state index contributed by atoms with van der Waals surface area (Å²) in [5, 5.41) is 12.1. The van der Waals surface area contributed by atoms with Crippen LogP contribution in [0.15, 0.2) is 5.51 Å². The van der Waals surface area contributed by atoms with Crippen molar-refractivity contribution in [3.63, 3.8) is 0 Å². The minimum Gasteiger partial charge on any atom is -0.348 e. The lowest BCUT2D eigenvalue weighted by Gasteiger charge is -2.16. The van der Waals surface area contributed by atoms with Gasteiger partial charge in [0.15, 0.2) is 0 Å². The molecule has 0 unspecified atom stereocenters. The second-order valence-electron chi connectivity index (χ2n) is 3.25. The number of hydrogen-bond donors (Lipinski definition) is 1. The summed E-state index contributed by atoms with van der Waals surface area (Å²) in [7, 11) is 2.03. The van der Waals surface area contributed by atoms with Crippen molar-refractivity contribution in [1.82, 2.24) is 15.5 Å². The number of nitrogens with zero attached hydrogens (tertiary/aromatic N) is 3. The molecule has 1 rings (SSSR count). The van der Waals surface area contributed by atoms with Crippen LogP contribution in [0, 0.1) is 0 Å². The molecule has 0 aromatic carbocycles. The van der Waals surface area contributed by atoms with Gasteiger partial charge in [-0.15, -0.1) is 10.2 Å². The Morgan fingerprint density at radius 1 is 1.62 bits per heavy atom. The van der Waals surface area contributed by atoms with Gasteiger partial charge in [-0.25, -0.2) is 0 Å². The van der Waals surface area contributed by atoms with Crippen molar-refractivity contribution in [2.24, 2.45) is 0 Å². The maximum Gasteiger partial charge on any atom is 0.207 e. The monoisotopic (exact) mass is 200 g/mol. The fourth-order valence-corrected chi connectivity index (χ4v) is 1.50. The number of anilines is 1. The van der Waals surface area contributed by atoms with E-state index in [1.807, 2.05) is 7.05 Å². The molecule has 0 spiro atoms. The first-order valence-electron chi connectivity index (χ1n) is 4.41. The summed E-state index contributed by atoms with van der Waals surface area (Å²) in [6, 6.07) is 0.544. The summed E-state index contributed by atoms with van der Waals surface area (Å²) in [6.07, 6.45) is 0. The van der Waals surface area contributed by atoms with E-state index in [2.05, 4.69) is 34.3 Å². The average molecular weight is 200 g/mol. The maximum atomic E-state index is 3.98. The summed E-state index contributed by atoms with van der Waals surface area (Å²) >= 11 is 1.57. The van der Waals surface area contributed by atoms with Crippen LogP contribution in [0.5, 0.6) is 0 Å². The zero-order chi connectivity index (χ0) is 9.68. The Balaban J connectivity index is 2.22. The van der Waals surface area contributed by atoms with Crippen LogP contribution in [0.25, 0.3) is 0 Å². The Morgan fingerprint density at radius 3 is 2.92 bits per heavy atom. The predicted molar refractivity (Wildman–Crippen MR) is 56.3 cm³/mol. The minimum absolute atomic E-state index is 0.544. The Morgan fingerprint density at radius 2 is 2.38 bits per heavy atom. The zero-order valence-corrected chi connectivity index (χ0v) is 9.14. The Hall–Kier alpha value is -0.680. The highest BCUT2D eigenvalue weighted by Gasteiger charge is 2.03. The number of likely N-dealkylation sites (N-methyl/N-ethyl adjacent to an activating group) is 1. The maximum absolute atomic E-state index is 3.98. The Labute approximate surface area is 83.0 Å². The van der Waals surface area contributed by atoms with E-state index in [-0.39, 0.29) is 0 Å². The summed E-state index contributed by atoms with van der Waals surface area (Å²) in [5.74, 6) is 0. The van der Waals surface area contributed by atoms with Crippen molar-refractivity contribution in [2.45, 2.75) is 19.9 Å². The van der Waals surface area contributed by atoms with Crippen molar-refractivity contribution >= 4 is 16.5 Å². The standard InChI is InChI=1S/C8H16N4S/c1-7(2)9-4-5-12(3)8-11-10-6-13-8/h6-7,9H,4-5H2,1-3H3. The van der Waals surface area contributed by atoms with Gasteiger partial charge >= 0.3 is 0 Å². The van der Waals surface area contributed by atoms with Gasteiger partial charge in [0.1, 0.15) is 5.51 Å². The van der Waals surface area contributed by atoms with Crippen LogP contribution in [0.4, 0.5) is 5.13 Å². The second-order valence-corrected chi connectivity index (χ2v) is 4.06. The van der Waals surface area contributed by atoms with Crippen LogP contribution in [-0.2, 0) is 0 Å². The molecule has 74 valence electrons. The highest BCUT2D eigenvalue weighted by molar-refractivity contribution is 7.13. The molecule has 0 saturated carbocycles. The minimum atomic E-state index is 0.544. The first-order valence-corrected chi connectivity index (χ1v) is 5.29. The molecule has 1 heterocycles. The van der Waals surface area contributed by atoms with Crippen LogP contribution in [-0.4, -0.2) is 36.4 Å². The molecule has 0 saturated heterocycles. The van der Waals surface area contributed by atoms with E-state index in [4.69, 9.17) is 0 Å². The van der Waals surface area contributed by atoms with Crippen LogP contribution in [0.1, 0.15) is 13.8 Å². The molecule has 4 nitrogen and oxygen atoms in total. The van der Waals surface area contributed by atoms with Crippen molar-refractivity contribution in [1.29, 1.82) is 0 Å². The highest BCUT2D eigenvalue weighted by atomic mass is 32.1. The summed E-state index contributed by atoms with van der Waals surface area (Å²) < 4.78 is 0. The lowest BCUT2D eigenvalue weighted by Crippen LogP contribution is -2.32. The Bertz CT molecular complexity index is 222. The summed E-state index contributed by atoms with van der Waals surface area (Å²) in [4.78, 5) is 2.10. The lowest BCUT2D eigenvalue weighted by atomic mass is 10.4. The van der Waals surface area contributed by atoms with Crippen LogP contribution in [0.2, 0.25) is 0 Å². The molecule has 13 heavy (non-hydrogen) atoms. The van der Waals surface area contributed by atoms with Crippen molar-refractivity contribution in [3.8, 4) is 0 Å². The number of nitrogens with one attached hydrogen (secondary N) is 1. The fraction of sp³-hybridized carbons (Fsp3) is 0.750. The third-order valence-electron chi connectivity index (χ3n) is 1.67. The number of aromatic nitrogens is 2. The third-order valence-corrected chi connectivity index (χ3v) is 2.48.